The maximum absolute atomic E-state index is 6.71. The summed E-state index contributed by atoms with van der Waals surface area (Å²) in [6.07, 6.45) is 0. The summed E-state index contributed by atoms with van der Waals surface area (Å²) in [6, 6.07) is 46.3. The number of hydrogen-bond donors (Lipinski definition) is 0. The summed E-state index contributed by atoms with van der Waals surface area (Å²) in [4.78, 5) is 0. The molecule has 1 heterocycles. The van der Waals surface area contributed by atoms with Crippen LogP contribution in [0.3, 0.4) is 0 Å². The summed E-state index contributed by atoms with van der Waals surface area (Å²) in [5, 5.41) is 0. The molecule has 0 amide bonds. The molecule has 0 radical (unpaired) electrons. The monoisotopic (exact) mass is 520 g/mol. The summed E-state index contributed by atoms with van der Waals surface area (Å²) in [5.41, 5.74) is 9.41. The van der Waals surface area contributed by atoms with Gasteiger partial charge in [-0.3, -0.25) is 0 Å². The van der Waals surface area contributed by atoms with Crippen molar-refractivity contribution in [3.63, 3.8) is 0 Å². The normalized spacial score (nSPS) is 17.9. The summed E-state index contributed by atoms with van der Waals surface area (Å²) >= 11 is 0. The summed E-state index contributed by atoms with van der Waals surface area (Å²) in [7, 11) is -0.494. The van der Waals surface area contributed by atoms with Gasteiger partial charge in [0, 0.05) is 0 Å². The van der Waals surface area contributed by atoms with Crippen molar-refractivity contribution < 1.29 is 9.31 Å². The van der Waals surface area contributed by atoms with Gasteiger partial charge in [-0.05, 0) is 77.7 Å². The van der Waals surface area contributed by atoms with Gasteiger partial charge in [0.2, 0.25) is 0 Å². The lowest BCUT2D eigenvalue weighted by molar-refractivity contribution is 0.00578. The standard InChI is InChI=1S/C37H33BO2/c1-35(2)36(3,4)40-38(39-35)34-25-15-14-24-33(34)37(26-16-6-5-7-17-26)31-22-12-10-20-29(31)27-18-8-9-19-28(27)30-21-11-13-23-32(30)37/h5-25H,1-4H3. The lowest BCUT2D eigenvalue weighted by atomic mass is 9.58. The van der Waals surface area contributed by atoms with E-state index in [0.717, 1.165) is 5.46 Å². The van der Waals surface area contributed by atoms with Crippen molar-refractivity contribution in [2.75, 3.05) is 0 Å². The van der Waals surface area contributed by atoms with Crippen molar-refractivity contribution in [2.45, 2.75) is 44.3 Å². The Morgan fingerprint density at radius 1 is 0.425 bits per heavy atom. The lowest BCUT2D eigenvalue weighted by Gasteiger charge is -2.39. The van der Waals surface area contributed by atoms with Gasteiger partial charge in [-0.1, -0.05) is 127 Å². The Labute approximate surface area is 237 Å². The van der Waals surface area contributed by atoms with E-state index in [1.165, 1.54) is 44.5 Å². The Hall–Kier alpha value is -3.92. The fourth-order valence-electron chi connectivity index (χ4n) is 6.65. The fourth-order valence-corrected chi connectivity index (χ4v) is 6.65. The van der Waals surface area contributed by atoms with Crippen molar-refractivity contribution in [1.29, 1.82) is 0 Å². The fraction of sp³-hybridized carbons (Fsp3) is 0.189. The first kappa shape index (κ1) is 25.1. The summed E-state index contributed by atoms with van der Waals surface area (Å²) in [6.45, 7) is 8.48. The Bertz CT molecular complexity index is 1640. The van der Waals surface area contributed by atoms with Crippen LogP contribution in [-0.4, -0.2) is 18.3 Å². The lowest BCUT2D eigenvalue weighted by Crippen LogP contribution is -2.44. The molecule has 0 spiro atoms. The molecule has 2 aliphatic rings. The van der Waals surface area contributed by atoms with Gasteiger partial charge in [0.15, 0.2) is 0 Å². The van der Waals surface area contributed by atoms with Gasteiger partial charge in [-0.2, -0.15) is 0 Å². The van der Waals surface area contributed by atoms with Crippen LogP contribution in [-0.2, 0) is 14.7 Å². The van der Waals surface area contributed by atoms with Gasteiger partial charge in [0.25, 0.3) is 0 Å². The van der Waals surface area contributed by atoms with E-state index in [4.69, 9.17) is 9.31 Å². The van der Waals surface area contributed by atoms with E-state index in [9.17, 15) is 0 Å². The molecule has 0 bridgehead atoms. The second-order valence-electron chi connectivity index (χ2n) is 11.9. The zero-order valence-electron chi connectivity index (χ0n) is 23.5. The van der Waals surface area contributed by atoms with Crippen LogP contribution >= 0.6 is 0 Å². The molecule has 1 saturated heterocycles. The molecule has 5 aromatic rings. The van der Waals surface area contributed by atoms with E-state index in [2.05, 4.69) is 155 Å². The minimum Gasteiger partial charge on any atom is -0.399 e. The molecular formula is C37H33BO2. The van der Waals surface area contributed by atoms with Crippen LogP contribution in [0.25, 0.3) is 22.3 Å². The Morgan fingerprint density at radius 2 is 0.825 bits per heavy atom. The highest BCUT2D eigenvalue weighted by molar-refractivity contribution is 6.62. The SMILES string of the molecule is CC1(C)OB(c2ccccc2C2(c3ccccc3)c3ccccc3-c3ccccc3-c3ccccc32)OC1(C)C. The van der Waals surface area contributed by atoms with E-state index in [1.807, 2.05) is 0 Å². The van der Waals surface area contributed by atoms with Crippen LogP contribution in [0.4, 0.5) is 0 Å². The molecular weight excluding hydrogens is 487 g/mol. The number of hydrogen-bond acceptors (Lipinski definition) is 2. The maximum atomic E-state index is 6.71. The number of rotatable bonds is 3. The molecule has 0 N–H and O–H groups in total. The smallest absolute Gasteiger partial charge is 0.399 e. The van der Waals surface area contributed by atoms with E-state index in [-0.39, 0.29) is 0 Å². The van der Waals surface area contributed by atoms with Gasteiger partial charge in [0.1, 0.15) is 0 Å². The van der Waals surface area contributed by atoms with E-state index >= 15 is 0 Å². The summed E-state index contributed by atoms with van der Waals surface area (Å²) in [5.74, 6) is 0. The van der Waals surface area contributed by atoms with Crippen LogP contribution < -0.4 is 5.46 Å². The Balaban J connectivity index is 1.65. The molecule has 5 aromatic carbocycles. The van der Waals surface area contributed by atoms with Gasteiger partial charge in [-0.25, -0.2) is 0 Å². The quantitative estimate of drug-likeness (QED) is 0.220. The molecule has 1 aliphatic heterocycles. The molecule has 7 rings (SSSR count). The predicted molar refractivity (Wildman–Crippen MR) is 165 cm³/mol. The van der Waals surface area contributed by atoms with Crippen LogP contribution in [0.2, 0.25) is 0 Å². The first-order valence-electron chi connectivity index (χ1n) is 14.1. The second-order valence-corrected chi connectivity index (χ2v) is 11.9. The average molecular weight is 520 g/mol. The van der Waals surface area contributed by atoms with Crippen LogP contribution in [0.15, 0.2) is 127 Å². The van der Waals surface area contributed by atoms with Gasteiger partial charge < -0.3 is 9.31 Å². The topological polar surface area (TPSA) is 18.5 Å². The largest absolute Gasteiger partial charge is 0.495 e. The van der Waals surface area contributed by atoms with Gasteiger partial charge >= 0.3 is 7.12 Å². The predicted octanol–water partition coefficient (Wildman–Crippen LogP) is 8.02. The highest BCUT2D eigenvalue weighted by Crippen LogP contribution is 2.54. The third-order valence-electron chi connectivity index (χ3n) is 9.25. The van der Waals surface area contributed by atoms with Crippen molar-refractivity contribution in [3.05, 3.63) is 150 Å². The third kappa shape index (κ3) is 3.51. The van der Waals surface area contributed by atoms with E-state index in [0.29, 0.717) is 0 Å². The summed E-state index contributed by atoms with van der Waals surface area (Å²) < 4.78 is 13.4. The minimum atomic E-state index is -0.617. The van der Waals surface area contributed by atoms with Crippen LogP contribution in [0, 0.1) is 0 Å². The molecule has 196 valence electrons. The molecule has 3 heteroatoms. The zero-order valence-corrected chi connectivity index (χ0v) is 23.5. The third-order valence-corrected chi connectivity index (χ3v) is 9.25. The van der Waals surface area contributed by atoms with Crippen molar-refractivity contribution in [1.82, 2.24) is 0 Å². The molecule has 2 nitrogen and oxygen atoms in total. The van der Waals surface area contributed by atoms with Crippen molar-refractivity contribution in [3.8, 4) is 22.3 Å². The maximum Gasteiger partial charge on any atom is 0.495 e. The number of fused-ring (bicyclic) bond motifs is 5. The molecule has 40 heavy (non-hydrogen) atoms. The van der Waals surface area contributed by atoms with E-state index in [1.54, 1.807) is 0 Å². The Morgan fingerprint density at radius 3 is 1.35 bits per heavy atom. The van der Waals surface area contributed by atoms with Crippen LogP contribution in [0.5, 0.6) is 0 Å². The first-order valence-corrected chi connectivity index (χ1v) is 14.1. The average Bonchev–Trinajstić information content (AvgIpc) is 3.14. The Kier molecular flexibility index (Phi) is 5.68. The highest BCUT2D eigenvalue weighted by atomic mass is 16.7. The van der Waals surface area contributed by atoms with E-state index < -0.39 is 23.7 Å². The van der Waals surface area contributed by atoms with Gasteiger partial charge in [0.05, 0.1) is 16.6 Å². The molecule has 1 fully saturated rings. The second kappa shape index (κ2) is 9.06. The first-order chi connectivity index (χ1) is 19.3. The number of benzene rings is 5. The van der Waals surface area contributed by atoms with Crippen LogP contribution in [0.1, 0.15) is 49.9 Å². The zero-order chi connectivity index (χ0) is 27.5. The van der Waals surface area contributed by atoms with Crippen molar-refractivity contribution >= 4 is 12.6 Å². The molecule has 0 saturated carbocycles. The minimum absolute atomic E-state index is 0.444. The van der Waals surface area contributed by atoms with Crippen molar-refractivity contribution in [2.24, 2.45) is 0 Å². The molecule has 0 atom stereocenters. The molecule has 0 aromatic heterocycles. The molecule has 1 aliphatic carbocycles. The van der Waals surface area contributed by atoms with Gasteiger partial charge in [-0.15, -0.1) is 0 Å². The highest BCUT2D eigenvalue weighted by Gasteiger charge is 2.54. The molecule has 0 unspecified atom stereocenters.